The zero-order valence-electron chi connectivity index (χ0n) is 18.7. The molecule has 0 spiro atoms. The molecule has 0 bridgehead atoms. The van der Waals surface area contributed by atoms with E-state index in [0.717, 1.165) is 11.1 Å². The quantitative estimate of drug-likeness (QED) is 0.470. The number of hydrogen-bond donors (Lipinski definition) is 0. The van der Waals surface area contributed by atoms with Gasteiger partial charge >= 0.3 is 12.0 Å². The van der Waals surface area contributed by atoms with Crippen LogP contribution in [0.15, 0.2) is 42.7 Å². The number of esters is 1. The van der Waals surface area contributed by atoms with E-state index in [2.05, 4.69) is 9.97 Å². The fraction of sp³-hybridized carbons (Fsp3) is 0.320. The van der Waals surface area contributed by atoms with Crippen molar-refractivity contribution in [2.24, 2.45) is 0 Å². The lowest BCUT2D eigenvalue weighted by molar-refractivity contribution is -0.141. The maximum Gasteiger partial charge on any atom is 0.316 e. The molecule has 3 aromatic rings. The van der Waals surface area contributed by atoms with Gasteiger partial charge in [0.05, 0.1) is 39.6 Å². The summed E-state index contributed by atoms with van der Waals surface area (Å²) in [5.74, 6) is 1.54. The summed E-state index contributed by atoms with van der Waals surface area (Å²) in [6, 6.07) is 8.72. The summed E-state index contributed by atoms with van der Waals surface area (Å²) in [7, 11) is 2.85. The molecule has 1 aliphatic heterocycles. The molecule has 0 N–H and O–H groups in total. The third kappa shape index (κ3) is 4.21. The number of benzene rings is 2. The van der Waals surface area contributed by atoms with Crippen molar-refractivity contribution in [1.29, 1.82) is 0 Å². The van der Waals surface area contributed by atoms with E-state index in [1.165, 1.54) is 32.7 Å². The largest absolute Gasteiger partial charge is 0.492 e. The molecule has 1 unspecified atom stereocenters. The van der Waals surface area contributed by atoms with Crippen molar-refractivity contribution in [3.05, 3.63) is 65.2 Å². The minimum atomic E-state index is -0.462. The lowest BCUT2D eigenvalue weighted by Crippen LogP contribution is -2.09. The SMILES string of the molecule is COC(=O)CC1COc2cc(O[C@@H]3CCc4c(Oc5cnc(OC)nc5)ccc(F)c43)ccc21. The molecule has 0 saturated heterocycles. The van der Waals surface area contributed by atoms with E-state index >= 15 is 0 Å². The highest BCUT2D eigenvalue weighted by atomic mass is 19.1. The number of hydrogen-bond acceptors (Lipinski definition) is 8. The van der Waals surface area contributed by atoms with Crippen molar-refractivity contribution in [2.75, 3.05) is 20.8 Å². The Morgan fingerprint density at radius 3 is 2.74 bits per heavy atom. The van der Waals surface area contributed by atoms with Crippen LogP contribution in [0.4, 0.5) is 4.39 Å². The molecule has 0 fully saturated rings. The minimum Gasteiger partial charge on any atom is -0.492 e. The van der Waals surface area contributed by atoms with Crippen LogP contribution in [0.2, 0.25) is 0 Å². The summed E-state index contributed by atoms with van der Waals surface area (Å²) in [6.07, 6.45) is 4.01. The lowest BCUT2D eigenvalue weighted by atomic mass is 9.98. The van der Waals surface area contributed by atoms with Crippen LogP contribution >= 0.6 is 0 Å². The van der Waals surface area contributed by atoms with Gasteiger partial charge in [0.1, 0.15) is 29.2 Å². The molecule has 5 rings (SSSR count). The van der Waals surface area contributed by atoms with Gasteiger partial charge in [-0.2, -0.15) is 9.97 Å². The highest BCUT2D eigenvalue weighted by Gasteiger charge is 2.32. The topological polar surface area (TPSA) is 89.0 Å². The van der Waals surface area contributed by atoms with Gasteiger partial charge < -0.3 is 23.7 Å². The summed E-state index contributed by atoms with van der Waals surface area (Å²) in [4.78, 5) is 19.7. The third-order valence-corrected chi connectivity index (χ3v) is 6.04. The molecule has 0 radical (unpaired) electrons. The Labute approximate surface area is 195 Å². The molecule has 9 heteroatoms. The first kappa shape index (κ1) is 21.9. The van der Waals surface area contributed by atoms with Crippen LogP contribution in [0.25, 0.3) is 0 Å². The van der Waals surface area contributed by atoms with Crippen molar-refractivity contribution in [3.63, 3.8) is 0 Å². The molecule has 0 amide bonds. The molecular formula is C25H23FN2O6. The average molecular weight is 466 g/mol. The van der Waals surface area contributed by atoms with E-state index < -0.39 is 6.10 Å². The van der Waals surface area contributed by atoms with Gasteiger partial charge in [-0.05, 0) is 31.0 Å². The molecule has 176 valence electrons. The van der Waals surface area contributed by atoms with E-state index in [4.69, 9.17) is 23.7 Å². The Bertz CT molecular complexity index is 1220. The predicted octanol–water partition coefficient (Wildman–Crippen LogP) is 4.52. The van der Waals surface area contributed by atoms with Crippen LogP contribution < -0.4 is 18.9 Å². The zero-order chi connectivity index (χ0) is 23.7. The van der Waals surface area contributed by atoms with Gasteiger partial charge in [-0.3, -0.25) is 4.79 Å². The molecular weight excluding hydrogens is 443 g/mol. The van der Waals surface area contributed by atoms with Gasteiger partial charge in [0.15, 0.2) is 5.75 Å². The van der Waals surface area contributed by atoms with Gasteiger partial charge in [-0.25, -0.2) is 4.39 Å². The summed E-state index contributed by atoms with van der Waals surface area (Å²) < 4.78 is 42.4. The third-order valence-electron chi connectivity index (χ3n) is 6.04. The smallest absolute Gasteiger partial charge is 0.316 e. The molecule has 1 aromatic heterocycles. The minimum absolute atomic E-state index is 0.0530. The summed E-state index contributed by atoms with van der Waals surface area (Å²) in [6.45, 7) is 0.407. The molecule has 1 aliphatic carbocycles. The van der Waals surface area contributed by atoms with E-state index in [1.54, 1.807) is 12.1 Å². The number of fused-ring (bicyclic) bond motifs is 2. The number of halogens is 1. The van der Waals surface area contributed by atoms with Crippen LogP contribution in [0, 0.1) is 5.82 Å². The van der Waals surface area contributed by atoms with Crippen molar-refractivity contribution >= 4 is 5.97 Å². The van der Waals surface area contributed by atoms with Gasteiger partial charge in [0.25, 0.3) is 0 Å². The van der Waals surface area contributed by atoms with E-state index in [9.17, 15) is 9.18 Å². The number of nitrogens with zero attached hydrogens (tertiary/aromatic N) is 2. The molecule has 34 heavy (non-hydrogen) atoms. The van der Waals surface area contributed by atoms with Crippen molar-refractivity contribution < 1.29 is 32.9 Å². The highest BCUT2D eigenvalue weighted by molar-refractivity contribution is 5.71. The fourth-order valence-electron chi connectivity index (χ4n) is 4.39. The Balaban J connectivity index is 1.34. The van der Waals surface area contributed by atoms with Crippen LogP contribution in [-0.4, -0.2) is 36.8 Å². The predicted molar refractivity (Wildman–Crippen MR) is 118 cm³/mol. The first-order valence-electron chi connectivity index (χ1n) is 10.9. The Morgan fingerprint density at radius 1 is 1.15 bits per heavy atom. The summed E-state index contributed by atoms with van der Waals surface area (Å²) in [5, 5.41) is 0. The first-order valence-corrected chi connectivity index (χ1v) is 10.9. The van der Waals surface area contributed by atoms with Crippen LogP contribution in [0.5, 0.6) is 29.0 Å². The maximum absolute atomic E-state index is 14.8. The molecule has 2 heterocycles. The zero-order valence-corrected chi connectivity index (χ0v) is 18.7. The number of rotatable bonds is 7. The van der Waals surface area contributed by atoms with Gasteiger partial charge in [-0.15, -0.1) is 0 Å². The monoisotopic (exact) mass is 466 g/mol. The second-order valence-corrected chi connectivity index (χ2v) is 8.08. The molecule has 2 atom stereocenters. The normalized spacial score (nSPS) is 18.0. The molecule has 8 nitrogen and oxygen atoms in total. The van der Waals surface area contributed by atoms with Crippen LogP contribution in [0.1, 0.15) is 41.6 Å². The molecule has 0 saturated carbocycles. The fourth-order valence-corrected chi connectivity index (χ4v) is 4.39. The highest BCUT2D eigenvalue weighted by Crippen LogP contribution is 2.44. The summed E-state index contributed by atoms with van der Waals surface area (Å²) in [5.41, 5.74) is 2.18. The number of carbonyl (C=O) groups is 1. The first-order chi connectivity index (χ1) is 16.6. The maximum atomic E-state index is 14.8. The molecule has 2 aliphatic rings. The average Bonchev–Trinajstić information content (AvgIpc) is 3.46. The number of aromatic nitrogens is 2. The van der Waals surface area contributed by atoms with Gasteiger partial charge in [0.2, 0.25) is 0 Å². The van der Waals surface area contributed by atoms with E-state index in [1.807, 2.05) is 12.1 Å². The Morgan fingerprint density at radius 2 is 1.97 bits per heavy atom. The van der Waals surface area contributed by atoms with Gasteiger partial charge in [-0.1, -0.05) is 6.07 Å². The van der Waals surface area contributed by atoms with E-state index in [0.29, 0.717) is 48.0 Å². The van der Waals surface area contributed by atoms with Crippen molar-refractivity contribution in [3.8, 4) is 29.0 Å². The van der Waals surface area contributed by atoms with Crippen molar-refractivity contribution in [1.82, 2.24) is 9.97 Å². The number of ether oxygens (including phenoxy) is 5. The van der Waals surface area contributed by atoms with Crippen LogP contribution in [0.3, 0.4) is 0 Å². The molecule has 2 aromatic carbocycles. The van der Waals surface area contributed by atoms with E-state index in [-0.39, 0.29) is 30.1 Å². The Kier molecular flexibility index (Phi) is 5.91. The second-order valence-electron chi connectivity index (χ2n) is 8.08. The second kappa shape index (κ2) is 9.17. The van der Waals surface area contributed by atoms with Gasteiger partial charge in [0, 0.05) is 28.7 Å². The standard InChI is InChI=1S/C25H23FN2O6/c1-30-23(29)9-14-13-32-22-10-15(3-4-17(14)22)33-21-7-5-18-20(8-6-19(26)24(18)21)34-16-11-27-25(31-2)28-12-16/h3-4,6,8,10-12,14,21H,5,7,9,13H2,1-2H3/t14?,21-/m1/s1. The van der Waals surface area contributed by atoms with Crippen molar-refractivity contribution in [2.45, 2.75) is 31.3 Å². The number of carbonyl (C=O) groups excluding carboxylic acids is 1. The Hall–Kier alpha value is -3.88. The van der Waals surface area contributed by atoms with Crippen LogP contribution in [-0.2, 0) is 16.0 Å². The lowest BCUT2D eigenvalue weighted by Gasteiger charge is -2.17. The number of methoxy groups -OCH3 is 2. The summed E-state index contributed by atoms with van der Waals surface area (Å²) >= 11 is 0.